The Morgan fingerprint density at radius 1 is 1.19 bits per heavy atom. The van der Waals surface area contributed by atoms with Crippen molar-refractivity contribution in [1.82, 2.24) is 10.1 Å². The van der Waals surface area contributed by atoms with E-state index in [1.165, 1.54) is 0 Å². The number of aryl methyl sites for hydroxylation is 2. The maximum absolute atomic E-state index is 11.7. The van der Waals surface area contributed by atoms with E-state index in [4.69, 9.17) is 13.7 Å². The molecule has 21 heavy (non-hydrogen) atoms. The molecule has 0 saturated carbocycles. The normalized spacial score (nSPS) is 11.0. The number of aromatic nitrogens is 2. The third-order valence-electron chi connectivity index (χ3n) is 3.36. The predicted molar refractivity (Wildman–Crippen MR) is 75.3 cm³/mol. The van der Waals surface area contributed by atoms with Crippen LogP contribution in [-0.2, 0) is 6.61 Å². The van der Waals surface area contributed by atoms with Gasteiger partial charge >= 0.3 is 5.63 Å². The fourth-order valence-electron chi connectivity index (χ4n) is 2.06. The van der Waals surface area contributed by atoms with Crippen LogP contribution in [-0.4, -0.2) is 10.1 Å². The molecule has 0 fully saturated rings. The van der Waals surface area contributed by atoms with Crippen LogP contribution in [0.25, 0.3) is 11.0 Å². The van der Waals surface area contributed by atoms with Crippen molar-refractivity contribution in [2.45, 2.75) is 27.4 Å². The maximum Gasteiger partial charge on any atom is 0.339 e. The van der Waals surface area contributed by atoms with Gasteiger partial charge < -0.3 is 13.7 Å². The van der Waals surface area contributed by atoms with Gasteiger partial charge in [-0.05, 0) is 38.5 Å². The molecule has 0 bridgehead atoms. The number of ether oxygens (including phenoxy) is 1. The molecule has 2 aromatic heterocycles. The summed E-state index contributed by atoms with van der Waals surface area (Å²) >= 11 is 0. The highest BCUT2D eigenvalue weighted by Crippen LogP contribution is 2.24. The summed E-state index contributed by atoms with van der Waals surface area (Å²) < 4.78 is 15.8. The third-order valence-corrected chi connectivity index (χ3v) is 3.36. The van der Waals surface area contributed by atoms with E-state index in [0.29, 0.717) is 28.6 Å². The number of rotatable bonds is 3. The standard InChI is InChI=1S/C15H14N2O4/c1-8-9(2)15(18)20-13-6-11(4-5-12(8)13)19-7-14-16-10(3)17-21-14/h4-6H,7H2,1-3H3. The van der Waals surface area contributed by atoms with Crippen LogP contribution < -0.4 is 10.4 Å². The van der Waals surface area contributed by atoms with E-state index in [2.05, 4.69) is 10.1 Å². The summed E-state index contributed by atoms with van der Waals surface area (Å²) in [6.07, 6.45) is 0. The molecule has 0 radical (unpaired) electrons. The number of fused-ring (bicyclic) bond motifs is 1. The second-order valence-corrected chi connectivity index (χ2v) is 4.82. The van der Waals surface area contributed by atoms with E-state index in [-0.39, 0.29) is 12.2 Å². The summed E-state index contributed by atoms with van der Waals surface area (Å²) in [4.78, 5) is 15.8. The molecule has 108 valence electrons. The highest BCUT2D eigenvalue weighted by Gasteiger charge is 2.09. The molecule has 0 amide bonds. The Kier molecular flexibility index (Phi) is 3.21. The van der Waals surface area contributed by atoms with Crippen LogP contribution in [0.4, 0.5) is 0 Å². The molecule has 0 aliphatic carbocycles. The summed E-state index contributed by atoms with van der Waals surface area (Å²) in [5, 5.41) is 4.58. The minimum atomic E-state index is -0.329. The zero-order valence-corrected chi connectivity index (χ0v) is 12.0. The molecule has 0 atom stereocenters. The summed E-state index contributed by atoms with van der Waals surface area (Å²) in [5.41, 5.74) is 1.71. The van der Waals surface area contributed by atoms with Gasteiger partial charge in [-0.1, -0.05) is 5.16 Å². The van der Waals surface area contributed by atoms with Crippen LogP contribution in [0.2, 0.25) is 0 Å². The van der Waals surface area contributed by atoms with Crippen molar-refractivity contribution >= 4 is 11.0 Å². The Morgan fingerprint density at radius 3 is 2.71 bits per heavy atom. The lowest BCUT2D eigenvalue weighted by atomic mass is 10.1. The molecule has 0 aliphatic rings. The average molecular weight is 286 g/mol. The second-order valence-electron chi connectivity index (χ2n) is 4.82. The number of hydrogen-bond donors (Lipinski definition) is 0. The van der Waals surface area contributed by atoms with Crippen molar-refractivity contribution in [1.29, 1.82) is 0 Å². The minimum Gasteiger partial charge on any atom is -0.484 e. The fourth-order valence-corrected chi connectivity index (χ4v) is 2.06. The Bertz CT molecular complexity index is 864. The largest absolute Gasteiger partial charge is 0.484 e. The maximum atomic E-state index is 11.7. The first-order valence-electron chi connectivity index (χ1n) is 6.50. The molecule has 0 aliphatic heterocycles. The first kappa shape index (κ1) is 13.4. The molecule has 6 heteroatoms. The van der Waals surface area contributed by atoms with Crippen molar-refractivity contribution < 1.29 is 13.7 Å². The van der Waals surface area contributed by atoms with Gasteiger partial charge in [0.15, 0.2) is 12.4 Å². The molecule has 0 saturated heterocycles. The summed E-state index contributed by atoms with van der Waals surface area (Å²) in [6, 6.07) is 5.37. The second kappa shape index (κ2) is 5.05. The van der Waals surface area contributed by atoms with Gasteiger partial charge in [-0.3, -0.25) is 0 Å². The van der Waals surface area contributed by atoms with Crippen LogP contribution in [0.15, 0.2) is 31.9 Å². The van der Waals surface area contributed by atoms with Crippen molar-refractivity contribution in [3.05, 3.63) is 51.5 Å². The summed E-state index contributed by atoms with van der Waals surface area (Å²) in [5.74, 6) is 1.53. The Balaban J connectivity index is 1.90. The van der Waals surface area contributed by atoms with Crippen LogP contribution in [0, 0.1) is 20.8 Å². The van der Waals surface area contributed by atoms with Gasteiger partial charge in [-0.25, -0.2) is 4.79 Å². The van der Waals surface area contributed by atoms with E-state index in [1.54, 1.807) is 19.9 Å². The Hall–Kier alpha value is -2.63. The highest BCUT2D eigenvalue weighted by atomic mass is 16.5. The van der Waals surface area contributed by atoms with E-state index in [0.717, 1.165) is 10.9 Å². The lowest BCUT2D eigenvalue weighted by molar-refractivity contribution is 0.242. The van der Waals surface area contributed by atoms with E-state index in [9.17, 15) is 4.79 Å². The van der Waals surface area contributed by atoms with Crippen LogP contribution in [0.1, 0.15) is 22.8 Å². The Morgan fingerprint density at radius 2 is 2.00 bits per heavy atom. The summed E-state index contributed by atoms with van der Waals surface area (Å²) in [6.45, 7) is 5.56. The molecule has 0 spiro atoms. The van der Waals surface area contributed by atoms with E-state index < -0.39 is 0 Å². The van der Waals surface area contributed by atoms with Gasteiger partial charge in [0, 0.05) is 17.0 Å². The molecule has 6 nitrogen and oxygen atoms in total. The van der Waals surface area contributed by atoms with Gasteiger partial charge in [0.25, 0.3) is 5.89 Å². The van der Waals surface area contributed by atoms with Gasteiger partial charge in [0.1, 0.15) is 11.3 Å². The molecule has 1 aromatic carbocycles. The summed E-state index contributed by atoms with van der Waals surface area (Å²) in [7, 11) is 0. The van der Waals surface area contributed by atoms with Gasteiger partial charge in [-0.2, -0.15) is 4.98 Å². The number of nitrogens with zero attached hydrogens (tertiary/aromatic N) is 2. The highest BCUT2D eigenvalue weighted by molar-refractivity contribution is 5.82. The first-order chi connectivity index (χ1) is 10.0. The third kappa shape index (κ3) is 2.52. The van der Waals surface area contributed by atoms with E-state index in [1.807, 2.05) is 19.1 Å². The molecular weight excluding hydrogens is 272 g/mol. The molecule has 2 heterocycles. The van der Waals surface area contributed by atoms with Crippen molar-refractivity contribution in [2.24, 2.45) is 0 Å². The van der Waals surface area contributed by atoms with Gasteiger partial charge in [0.2, 0.25) is 0 Å². The lowest BCUT2D eigenvalue weighted by Crippen LogP contribution is -2.05. The van der Waals surface area contributed by atoms with E-state index >= 15 is 0 Å². The van der Waals surface area contributed by atoms with Gasteiger partial charge in [-0.15, -0.1) is 0 Å². The topological polar surface area (TPSA) is 78.4 Å². The zero-order chi connectivity index (χ0) is 15.0. The quantitative estimate of drug-likeness (QED) is 0.689. The number of benzene rings is 1. The fraction of sp³-hybridized carbons (Fsp3) is 0.267. The van der Waals surface area contributed by atoms with Crippen molar-refractivity contribution in [3.8, 4) is 5.75 Å². The van der Waals surface area contributed by atoms with Crippen LogP contribution in [0.5, 0.6) is 5.75 Å². The average Bonchev–Trinajstić information content (AvgIpc) is 2.88. The van der Waals surface area contributed by atoms with Crippen LogP contribution in [0.3, 0.4) is 0 Å². The number of hydrogen-bond acceptors (Lipinski definition) is 6. The molecule has 0 N–H and O–H groups in total. The molecular formula is C15H14N2O4. The monoisotopic (exact) mass is 286 g/mol. The zero-order valence-electron chi connectivity index (χ0n) is 12.0. The molecule has 3 rings (SSSR count). The predicted octanol–water partition coefficient (Wildman–Crippen LogP) is 2.68. The lowest BCUT2D eigenvalue weighted by Gasteiger charge is -2.07. The molecule has 3 aromatic rings. The minimum absolute atomic E-state index is 0.168. The molecule has 0 unspecified atom stereocenters. The van der Waals surface area contributed by atoms with Crippen molar-refractivity contribution in [3.63, 3.8) is 0 Å². The SMILES string of the molecule is Cc1noc(COc2ccc3c(C)c(C)c(=O)oc3c2)n1. The van der Waals surface area contributed by atoms with Gasteiger partial charge in [0.05, 0.1) is 0 Å². The smallest absolute Gasteiger partial charge is 0.339 e. The van der Waals surface area contributed by atoms with Crippen molar-refractivity contribution in [2.75, 3.05) is 0 Å². The van der Waals surface area contributed by atoms with Crippen LogP contribution >= 0.6 is 0 Å². The first-order valence-corrected chi connectivity index (χ1v) is 6.50. The Labute approximate surface area is 120 Å².